The highest BCUT2D eigenvalue weighted by atomic mass is 16.2. The zero-order valence-electron chi connectivity index (χ0n) is 7.92. The Balaban J connectivity index is 2.24. The van der Waals surface area contributed by atoms with Crippen LogP contribution in [-0.4, -0.2) is 43.7 Å². The lowest BCUT2D eigenvalue weighted by molar-refractivity contribution is 0.204. The predicted octanol–water partition coefficient (Wildman–Crippen LogP) is 0.00800. The van der Waals surface area contributed by atoms with Crippen molar-refractivity contribution in [2.24, 2.45) is 0 Å². The Bertz CT molecular complexity index is 166. The lowest BCUT2D eigenvalue weighted by atomic mass is 10.0. The maximum Gasteiger partial charge on any atom is 0.317 e. The van der Waals surface area contributed by atoms with Crippen LogP contribution in [0.2, 0.25) is 0 Å². The third-order valence-corrected chi connectivity index (χ3v) is 2.22. The van der Waals surface area contributed by atoms with E-state index in [2.05, 4.69) is 10.6 Å². The molecule has 1 saturated heterocycles. The molecule has 2 atom stereocenters. The molecule has 0 bridgehead atoms. The summed E-state index contributed by atoms with van der Waals surface area (Å²) in [6.45, 7) is 3.10. The molecule has 4 nitrogen and oxygen atoms in total. The molecule has 0 aromatic rings. The number of carbonyl (C=O) groups is 1. The second kappa shape index (κ2) is 3.76. The molecule has 1 rings (SSSR count). The molecular weight excluding hydrogens is 154 g/mol. The third kappa shape index (κ3) is 2.11. The molecule has 2 unspecified atom stereocenters. The van der Waals surface area contributed by atoms with Crippen LogP contribution < -0.4 is 10.6 Å². The van der Waals surface area contributed by atoms with E-state index in [0.717, 1.165) is 13.0 Å². The molecule has 0 aromatic heterocycles. The van der Waals surface area contributed by atoms with E-state index >= 15 is 0 Å². The SMILES string of the molecule is CC(NC(=O)N(C)C)C1CCN1. The standard InChI is InChI=1S/C8H17N3O/c1-6(7-4-5-9-7)10-8(12)11(2)3/h6-7,9H,4-5H2,1-3H3,(H,10,12). The van der Waals surface area contributed by atoms with Crippen LogP contribution in [-0.2, 0) is 0 Å². The van der Waals surface area contributed by atoms with Gasteiger partial charge in [-0.05, 0) is 19.9 Å². The van der Waals surface area contributed by atoms with Crippen LogP contribution in [0.5, 0.6) is 0 Å². The summed E-state index contributed by atoms with van der Waals surface area (Å²) in [6.07, 6.45) is 1.16. The molecule has 1 heterocycles. The minimum Gasteiger partial charge on any atom is -0.334 e. The normalized spacial score (nSPS) is 24.1. The van der Waals surface area contributed by atoms with Gasteiger partial charge in [-0.25, -0.2) is 4.79 Å². The molecule has 0 aromatic carbocycles. The zero-order valence-corrected chi connectivity index (χ0v) is 7.92. The van der Waals surface area contributed by atoms with Gasteiger partial charge < -0.3 is 15.5 Å². The Kier molecular flexibility index (Phi) is 2.92. The quantitative estimate of drug-likeness (QED) is 0.614. The Hall–Kier alpha value is -0.770. The molecule has 70 valence electrons. The number of nitrogens with one attached hydrogen (secondary N) is 2. The summed E-state index contributed by atoms with van der Waals surface area (Å²) in [5.74, 6) is 0. The molecule has 1 aliphatic heterocycles. The number of hydrogen-bond acceptors (Lipinski definition) is 2. The van der Waals surface area contributed by atoms with E-state index in [1.807, 2.05) is 6.92 Å². The molecule has 0 aliphatic carbocycles. The Morgan fingerprint density at radius 2 is 2.25 bits per heavy atom. The van der Waals surface area contributed by atoms with Crippen molar-refractivity contribution in [2.75, 3.05) is 20.6 Å². The Morgan fingerprint density at radius 3 is 2.58 bits per heavy atom. The van der Waals surface area contributed by atoms with Crippen LogP contribution in [0.3, 0.4) is 0 Å². The van der Waals surface area contributed by atoms with Crippen LogP contribution in [0.4, 0.5) is 4.79 Å². The summed E-state index contributed by atoms with van der Waals surface area (Å²) in [5.41, 5.74) is 0. The van der Waals surface area contributed by atoms with Crippen LogP contribution >= 0.6 is 0 Å². The zero-order chi connectivity index (χ0) is 9.14. The van der Waals surface area contributed by atoms with E-state index in [4.69, 9.17) is 0 Å². The van der Waals surface area contributed by atoms with Crippen LogP contribution in [0.15, 0.2) is 0 Å². The van der Waals surface area contributed by atoms with Gasteiger partial charge in [-0.3, -0.25) is 0 Å². The van der Waals surface area contributed by atoms with Crippen molar-refractivity contribution in [3.05, 3.63) is 0 Å². The van der Waals surface area contributed by atoms with Crippen molar-refractivity contribution < 1.29 is 4.79 Å². The van der Waals surface area contributed by atoms with Crippen LogP contribution in [0.1, 0.15) is 13.3 Å². The summed E-state index contributed by atoms with van der Waals surface area (Å²) in [7, 11) is 3.49. The van der Waals surface area contributed by atoms with E-state index < -0.39 is 0 Å². The summed E-state index contributed by atoms with van der Waals surface area (Å²) in [5, 5.41) is 6.16. The average molecular weight is 171 g/mol. The first-order valence-electron chi connectivity index (χ1n) is 4.32. The van der Waals surface area contributed by atoms with Gasteiger partial charge in [0.2, 0.25) is 0 Å². The third-order valence-electron chi connectivity index (χ3n) is 2.22. The highest BCUT2D eigenvalue weighted by Gasteiger charge is 2.24. The van der Waals surface area contributed by atoms with Crippen molar-refractivity contribution in [2.45, 2.75) is 25.4 Å². The predicted molar refractivity (Wildman–Crippen MR) is 48.1 cm³/mol. The lowest BCUT2D eigenvalue weighted by Gasteiger charge is -2.34. The van der Waals surface area contributed by atoms with Gasteiger partial charge >= 0.3 is 6.03 Å². The van der Waals surface area contributed by atoms with Crippen molar-refractivity contribution in [3.8, 4) is 0 Å². The molecule has 1 fully saturated rings. The summed E-state index contributed by atoms with van der Waals surface area (Å²) < 4.78 is 0. The average Bonchev–Trinajstić information content (AvgIpc) is 1.82. The van der Waals surface area contributed by atoms with Gasteiger partial charge in [0.25, 0.3) is 0 Å². The van der Waals surface area contributed by atoms with Crippen molar-refractivity contribution >= 4 is 6.03 Å². The minimum absolute atomic E-state index is 0.0174. The molecule has 1 aliphatic rings. The number of rotatable bonds is 2. The van der Waals surface area contributed by atoms with E-state index in [1.54, 1.807) is 19.0 Å². The van der Waals surface area contributed by atoms with Crippen molar-refractivity contribution in [3.63, 3.8) is 0 Å². The Labute approximate surface area is 73.3 Å². The molecular formula is C8H17N3O. The monoisotopic (exact) mass is 171 g/mol. The van der Waals surface area contributed by atoms with E-state index in [0.29, 0.717) is 6.04 Å². The number of hydrogen-bond donors (Lipinski definition) is 2. The van der Waals surface area contributed by atoms with E-state index in [9.17, 15) is 4.79 Å². The van der Waals surface area contributed by atoms with E-state index in [-0.39, 0.29) is 12.1 Å². The molecule has 0 spiro atoms. The summed E-state index contributed by atoms with van der Waals surface area (Å²) in [4.78, 5) is 12.7. The van der Waals surface area contributed by atoms with Gasteiger partial charge in [0.1, 0.15) is 0 Å². The second-order valence-corrected chi connectivity index (χ2v) is 3.48. The highest BCUT2D eigenvalue weighted by Crippen LogP contribution is 2.06. The fourth-order valence-electron chi connectivity index (χ4n) is 1.16. The van der Waals surface area contributed by atoms with Gasteiger partial charge in [0.15, 0.2) is 0 Å². The number of urea groups is 1. The second-order valence-electron chi connectivity index (χ2n) is 3.48. The van der Waals surface area contributed by atoms with Gasteiger partial charge in [0, 0.05) is 26.2 Å². The number of amides is 2. The fraction of sp³-hybridized carbons (Fsp3) is 0.875. The topological polar surface area (TPSA) is 44.4 Å². The van der Waals surface area contributed by atoms with Crippen LogP contribution in [0, 0.1) is 0 Å². The first-order valence-corrected chi connectivity index (χ1v) is 4.32. The molecule has 4 heteroatoms. The molecule has 2 amide bonds. The first kappa shape index (κ1) is 9.32. The van der Waals surface area contributed by atoms with Crippen molar-refractivity contribution in [1.82, 2.24) is 15.5 Å². The van der Waals surface area contributed by atoms with E-state index in [1.165, 1.54) is 0 Å². The van der Waals surface area contributed by atoms with Gasteiger partial charge in [0.05, 0.1) is 0 Å². The first-order chi connectivity index (χ1) is 5.61. The molecule has 0 radical (unpaired) electrons. The number of carbonyl (C=O) groups excluding carboxylic acids is 1. The van der Waals surface area contributed by atoms with Crippen LogP contribution in [0.25, 0.3) is 0 Å². The highest BCUT2D eigenvalue weighted by molar-refractivity contribution is 5.73. The maximum absolute atomic E-state index is 11.2. The molecule has 12 heavy (non-hydrogen) atoms. The van der Waals surface area contributed by atoms with Gasteiger partial charge in [-0.15, -0.1) is 0 Å². The summed E-state index contributed by atoms with van der Waals surface area (Å²) >= 11 is 0. The minimum atomic E-state index is -0.0174. The Morgan fingerprint density at radius 1 is 1.67 bits per heavy atom. The van der Waals surface area contributed by atoms with Crippen molar-refractivity contribution in [1.29, 1.82) is 0 Å². The molecule has 2 N–H and O–H groups in total. The fourth-order valence-corrected chi connectivity index (χ4v) is 1.16. The smallest absolute Gasteiger partial charge is 0.317 e. The van der Waals surface area contributed by atoms with Gasteiger partial charge in [-0.1, -0.05) is 0 Å². The lowest BCUT2D eigenvalue weighted by Crippen LogP contribution is -2.57. The maximum atomic E-state index is 11.2. The number of nitrogens with zero attached hydrogens (tertiary/aromatic N) is 1. The summed E-state index contributed by atoms with van der Waals surface area (Å²) in [6, 6.07) is 0.679. The van der Waals surface area contributed by atoms with Gasteiger partial charge in [-0.2, -0.15) is 0 Å². The molecule has 0 saturated carbocycles. The largest absolute Gasteiger partial charge is 0.334 e.